The Morgan fingerprint density at radius 3 is 2.64 bits per heavy atom. The van der Waals surface area contributed by atoms with Gasteiger partial charge in [0.1, 0.15) is 12.4 Å². The van der Waals surface area contributed by atoms with Crippen LogP contribution in [0.15, 0.2) is 46.9 Å². The van der Waals surface area contributed by atoms with Gasteiger partial charge in [-0.15, -0.1) is 0 Å². The molecule has 3 rings (SSSR count). The molecule has 0 radical (unpaired) electrons. The molecular formula is C20H22BrClN2O. The van der Waals surface area contributed by atoms with E-state index in [2.05, 4.69) is 50.5 Å². The van der Waals surface area contributed by atoms with Gasteiger partial charge in [-0.1, -0.05) is 45.7 Å². The van der Waals surface area contributed by atoms with Crippen molar-refractivity contribution in [2.45, 2.75) is 13.5 Å². The molecule has 2 aromatic carbocycles. The van der Waals surface area contributed by atoms with Crippen molar-refractivity contribution in [3.63, 3.8) is 0 Å². The summed E-state index contributed by atoms with van der Waals surface area (Å²) >= 11 is 9.91. The zero-order valence-corrected chi connectivity index (χ0v) is 17.1. The smallest absolute Gasteiger partial charge is 0.147 e. The SMILES string of the molecule is Cc1c(OCCN(C)C)c2ccc(Cl)cc2n1Cc1ccccc1Br. The second-order valence-electron chi connectivity index (χ2n) is 6.41. The van der Waals surface area contributed by atoms with Gasteiger partial charge in [0.2, 0.25) is 0 Å². The first-order valence-corrected chi connectivity index (χ1v) is 9.43. The van der Waals surface area contributed by atoms with Crippen molar-refractivity contribution in [1.82, 2.24) is 9.47 Å². The highest BCUT2D eigenvalue weighted by molar-refractivity contribution is 9.10. The molecule has 5 heteroatoms. The number of aromatic nitrogens is 1. The van der Waals surface area contributed by atoms with Crippen molar-refractivity contribution in [2.24, 2.45) is 0 Å². The number of benzene rings is 2. The number of ether oxygens (including phenoxy) is 1. The van der Waals surface area contributed by atoms with Crippen molar-refractivity contribution in [3.8, 4) is 5.75 Å². The standard InChI is InChI=1S/C20H22BrClN2O/c1-14-20(25-11-10-23(2)3)17-9-8-16(22)12-19(17)24(14)13-15-6-4-5-7-18(15)21/h4-9,12H,10-11,13H2,1-3H3. The Bertz CT molecular complexity index is 889. The van der Waals surface area contributed by atoms with Crippen molar-refractivity contribution >= 4 is 38.4 Å². The lowest BCUT2D eigenvalue weighted by molar-refractivity contribution is 0.262. The van der Waals surface area contributed by atoms with Crippen molar-refractivity contribution < 1.29 is 4.74 Å². The predicted molar refractivity (Wildman–Crippen MR) is 109 cm³/mol. The van der Waals surface area contributed by atoms with Crippen LogP contribution >= 0.6 is 27.5 Å². The van der Waals surface area contributed by atoms with Crippen LogP contribution in [-0.4, -0.2) is 36.7 Å². The highest BCUT2D eigenvalue weighted by atomic mass is 79.9. The number of rotatable bonds is 6. The van der Waals surface area contributed by atoms with Crippen LogP contribution in [0.2, 0.25) is 5.02 Å². The summed E-state index contributed by atoms with van der Waals surface area (Å²) in [5.74, 6) is 0.945. The largest absolute Gasteiger partial charge is 0.490 e. The zero-order valence-electron chi connectivity index (χ0n) is 14.7. The maximum absolute atomic E-state index is 6.26. The zero-order chi connectivity index (χ0) is 18.0. The fourth-order valence-corrected chi connectivity index (χ4v) is 3.51. The van der Waals surface area contributed by atoms with E-state index in [1.807, 2.05) is 38.4 Å². The molecule has 25 heavy (non-hydrogen) atoms. The first-order chi connectivity index (χ1) is 12.0. The third-order valence-electron chi connectivity index (χ3n) is 4.30. The minimum atomic E-state index is 0.657. The molecule has 0 fully saturated rings. The van der Waals surface area contributed by atoms with Crippen LogP contribution in [0, 0.1) is 6.92 Å². The minimum Gasteiger partial charge on any atom is -0.490 e. The van der Waals surface area contributed by atoms with E-state index in [0.29, 0.717) is 6.61 Å². The maximum Gasteiger partial charge on any atom is 0.147 e. The molecule has 0 amide bonds. The molecule has 1 heterocycles. The van der Waals surface area contributed by atoms with E-state index in [4.69, 9.17) is 16.3 Å². The summed E-state index contributed by atoms with van der Waals surface area (Å²) in [5.41, 5.74) is 3.44. The van der Waals surface area contributed by atoms with Gasteiger partial charge in [-0.3, -0.25) is 0 Å². The molecule has 0 saturated carbocycles. The Kier molecular flexibility index (Phi) is 5.72. The highest BCUT2D eigenvalue weighted by Gasteiger charge is 2.16. The summed E-state index contributed by atoms with van der Waals surface area (Å²) < 4.78 is 9.51. The van der Waals surface area contributed by atoms with Crippen molar-refractivity contribution in [2.75, 3.05) is 27.2 Å². The van der Waals surface area contributed by atoms with E-state index in [-0.39, 0.29) is 0 Å². The van der Waals surface area contributed by atoms with E-state index in [1.165, 1.54) is 5.56 Å². The van der Waals surface area contributed by atoms with Gasteiger partial charge in [-0.05, 0) is 50.8 Å². The lowest BCUT2D eigenvalue weighted by Gasteiger charge is -2.12. The molecule has 0 spiro atoms. The van der Waals surface area contributed by atoms with Gasteiger partial charge in [0.05, 0.1) is 11.2 Å². The monoisotopic (exact) mass is 420 g/mol. The molecular weight excluding hydrogens is 400 g/mol. The molecule has 3 aromatic rings. The maximum atomic E-state index is 6.26. The topological polar surface area (TPSA) is 17.4 Å². The quantitative estimate of drug-likeness (QED) is 0.533. The summed E-state index contributed by atoms with van der Waals surface area (Å²) in [6.07, 6.45) is 0. The van der Waals surface area contributed by atoms with Crippen LogP contribution in [-0.2, 0) is 6.54 Å². The Morgan fingerprint density at radius 1 is 1.16 bits per heavy atom. The summed E-state index contributed by atoms with van der Waals surface area (Å²) in [4.78, 5) is 2.12. The van der Waals surface area contributed by atoms with Gasteiger partial charge < -0.3 is 14.2 Å². The van der Waals surface area contributed by atoms with E-state index in [0.717, 1.165) is 44.9 Å². The molecule has 1 aromatic heterocycles. The van der Waals surface area contributed by atoms with Gasteiger partial charge in [-0.2, -0.15) is 0 Å². The van der Waals surface area contributed by atoms with E-state index in [9.17, 15) is 0 Å². The summed E-state index contributed by atoms with van der Waals surface area (Å²) in [6.45, 7) is 4.41. The first kappa shape index (κ1) is 18.3. The van der Waals surface area contributed by atoms with Crippen LogP contribution < -0.4 is 4.74 Å². The lowest BCUT2D eigenvalue weighted by atomic mass is 10.2. The Morgan fingerprint density at radius 2 is 1.92 bits per heavy atom. The highest BCUT2D eigenvalue weighted by Crippen LogP contribution is 2.35. The Labute approximate surface area is 162 Å². The molecule has 0 saturated heterocycles. The van der Waals surface area contributed by atoms with Crippen LogP contribution in [0.1, 0.15) is 11.3 Å². The van der Waals surface area contributed by atoms with Crippen LogP contribution in [0.5, 0.6) is 5.75 Å². The molecule has 0 unspecified atom stereocenters. The molecule has 0 aliphatic heterocycles. The number of nitrogens with zero attached hydrogens (tertiary/aromatic N) is 2. The molecule has 0 bridgehead atoms. The number of fused-ring (bicyclic) bond motifs is 1. The van der Waals surface area contributed by atoms with Crippen molar-refractivity contribution in [3.05, 3.63) is 63.2 Å². The second kappa shape index (κ2) is 7.81. The normalized spacial score (nSPS) is 11.4. The number of hydrogen-bond acceptors (Lipinski definition) is 2. The van der Waals surface area contributed by atoms with Gasteiger partial charge in [0, 0.05) is 28.0 Å². The average Bonchev–Trinajstić information content (AvgIpc) is 2.81. The van der Waals surface area contributed by atoms with Gasteiger partial charge in [0.25, 0.3) is 0 Å². The van der Waals surface area contributed by atoms with Crippen LogP contribution in [0.3, 0.4) is 0 Å². The summed E-state index contributed by atoms with van der Waals surface area (Å²) in [5, 5.41) is 1.84. The molecule has 0 atom stereocenters. The molecule has 132 valence electrons. The summed E-state index contributed by atoms with van der Waals surface area (Å²) in [7, 11) is 4.10. The average molecular weight is 422 g/mol. The third-order valence-corrected chi connectivity index (χ3v) is 5.31. The minimum absolute atomic E-state index is 0.657. The lowest BCUT2D eigenvalue weighted by Crippen LogP contribution is -2.19. The fraction of sp³-hybridized carbons (Fsp3) is 0.300. The number of likely N-dealkylation sites (N-methyl/N-ethyl adjacent to an activating group) is 1. The number of hydrogen-bond donors (Lipinski definition) is 0. The van der Waals surface area contributed by atoms with Gasteiger partial charge in [-0.25, -0.2) is 0 Å². The number of halogens is 2. The Balaban J connectivity index is 2.03. The van der Waals surface area contributed by atoms with E-state index in [1.54, 1.807) is 0 Å². The Hall–Kier alpha value is -1.49. The molecule has 0 aliphatic rings. The van der Waals surface area contributed by atoms with Gasteiger partial charge >= 0.3 is 0 Å². The first-order valence-electron chi connectivity index (χ1n) is 8.26. The molecule has 0 N–H and O–H groups in total. The van der Waals surface area contributed by atoms with Crippen LogP contribution in [0.4, 0.5) is 0 Å². The summed E-state index contributed by atoms with van der Waals surface area (Å²) in [6, 6.07) is 14.3. The van der Waals surface area contributed by atoms with Gasteiger partial charge in [0.15, 0.2) is 0 Å². The molecule has 3 nitrogen and oxygen atoms in total. The third kappa shape index (κ3) is 4.02. The van der Waals surface area contributed by atoms with E-state index < -0.39 is 0 Å². The van der Waals surface area contributed by atoms with Crippen molar-refractivity contribution in [1.29, 1.82) is 0 Å². The predicted octanol–water partition coefficient (Wildman–Crippen LogP) is 5.35. The fourth-order valence-electron chi connectivity index (χ4n) is 2.93. The van der Waals surface area contributed by atoms with E-state index >= 15 is 0 Å². The second-order valence-corrected chi connectivity index (χ2v) is 7.70. The molecule has 0 aliphatic carbocycles. The van der Waals surface area contributed by atoms with Crippen LogP contribution in [0.25, 0.3) is 10.9 Å².